The van der Waals surface area contributed by atoms with Gasteiger partial charge in [0, 0.05) is 35.4 Å². The van der Waals surface area contributed by atoms with Gasteiger partial charge >= 0.3 is 5.56 Å². The van der Waals surface area contributed by atoms with Crippen molar-refractivity contribution in [3.8, 4) is 17.2 Å². The highest BCUT2D eigenvalue weighted by molar-refractivity contribution is 7.88. The number of hydrogen-bond donors (Lipinski definition) is 2. The number of hydrogen-bond acceptors (Lipinski definition) is 8. The SMILES string of the molecule is CC1(COc2c(N3CCN([S+]([O-])Cc4cccc(O)c4N)CC3)cnn(-c3ccccc3)c2=O)CC1. The molecule has 1 unspecified atom stereocenters. The predicted molar refractivity (Wildman–Crippen MR) is 141 cm³/mol. The van der Waals surface area contributed by atoms with E-state index in [1.165, 1.54) is 10.7 Å². The first-order valence-corrected chi connectivity index (χ1v) is 13.4. The fraction of sp³-hybridized carbons (Fsp3) is 0.385. The maximum Gasteiger partial charge on any atom is 0.316 e. The zero-order valence-corrected chi connectivity index (χ0v) is 21.1. The number of phenols is 1. The number of anilines is 2. The first-order chi connectivity index (χ1) is 17.3. The molecule has 1 saturated carbocycles. The monoisotopic (exact) mass is 509 g/mol. The number of aromatic hydroxyl groups is 1. The van der Waals surface area contributed by atoms with Gasteiger partial charge in [0.1, 0.15) is 11.4 Å². The van der Waals surface area contributed by atoms with Gasteiger partial charge in [-0.3, -0.25) is 4.79 Å². The molecule has 0 spiro atoms. The van der Waals surface area contributed by atoms with E-state index in [9.17, 15) is 14.5 Å². The lowest BCUT2D eigenvalue weighted by Gasteiger charge is -2.36. The van der Waals surface area contributed by atoms with Crippen LogP contribution in [0.25, 0.3) is 5.69 Å². The van der Waals surface area contributed by atoms with E-state index < -0.39 is 11.4 Å². The van der Waals surface area contributed by atoms with Crippen LogP contribution in [-0.4, -0.2) is 56.5 Å². The molecule has 2 fully saturated rings. The van der Waals surface area contributed by atoms with Gasteiger partial charge in [-0.05, 0) is 31.0 Å². The quantitative estimate of drug-likeness (QED) is 0.270. The second-order valence-corrected chi connectivity index (χ2v) is 11.2. The molecule has 0 amide bonds. The first-order valence-electron chi connectivity index (χ1n) is 12.1. The summed E-state index contributed by atoms with van der Waals surface area (Å²) in [6.45, 7) is 4.89. The molecule has 1 saturated heterocycles. The van der Waals surface area contributed by atoms with Crippen LogP contribution in [0.15, 0.2) is 59.5 Å². The zero-order chi connectivity index (χ0) is 25.3. The Balaban J connectivity index is 1.32. The molecule has 10 heteroatoms. The highest BCUT2D eigenvalue weighted by Crippen LogP contribution is 2.45. The number of phenolic OH excluding ortho intramolecular Hbond substituents is 1. The molecule has 1 aromatic heterocycles. The van der Waals surface area contributed by atoms with Gasteiger partial charge in [0.05, 0.1) is 37.3 Å². The fourth-order valence-corrected chi connectivity index (χ4v) is 5.50. The van der Waals surface area contributed by atoms with E-state index in [0.717, 1.165) is 12.8 Å². The lowest BCUT2D eigenvalue weighted by Crippen LogP contribution is -2.49. The van der Waals surface area contributed by atoms with Crippen LogP contribution in [0, 0.1) is 5.41 Å². The van der Waals surface area contributed by atoms with Crippen LogP contribution in [0.2, 0.25) is 0 Å². The van der Waals surface area contributed by atoms with Gasteiger partial charge in [0.15, 0.2) is 5.75 Å². The minimum absolute atomic E-state index is 0.000331. The Labute approximate surface area is 213 Å². The number of nitrogen functional groups attached to an aromatic ring is 1. The average molecular weight is 510 g/mol. The van der Waals surface area contributed by atoms with E-state index in [1.807, 2.05) is 34.6 Å². The van der Waals surface area contributed by atoms with Gasteiger partial charge in [-0.2, -0.15) is 9.78 Å². The number of piperazine rings is 1. The summed E-state index contributed by atoms with van der Waals surface area (Å²) >= 11 is -1.29. The molecular weight excluding hydrogens is 478 g/mol. The van der Waals surface area contributed by atoms with Crippen molar-refractivity contribution in [2.75, 3.05) is 43.4 Å². The number of ether oxygens (including phenoxy) is 1. The third-order valence-corrected chi connectivity index (χ3v) is 8.40. The van der Waals surface area contributed by atoms with Crippen LogP contribution in [0.4, 0.5) is 11.4 Å². The van der Waals surface area contributed by atoms with Crippen LogP contribution < -0.4 is 20.9 Å². The van der Waals surface area contributed by atoms with Crippen LogP contribution in [0.3, 0.4) is 0 Å². The number of rotatable bonds is 8. The van der Waals surface area contributed by atoms with E-state index in [2.05, 4.69) is 16.9 Å². The Hall–Kier alpha value is -3.21. The molecule has 1 aliphatic heterocycles. The van der Waals surface area contributed by atoms with E-state index in [0.29, 0.717) is 55.5 Å². The van der Waals surface area contributed by atoms with Crippen molar-refractivity contribution < 1.29 is 14.4 Å². The zero-order valence-electron chi connectivity index (χ0n) is 20.3. The van der Waals surface area contributed by atoms with Gasteiger partial charge in [0.2, 0.25) is 5.75 Å². The number of benzene rings is 2. The lowest BCUT2D eigenvalue weighted by molar-refractivity contribution is 0.242. The molecule has 2 aromatic carbocycles. The number of aromatic nitrogens is 2. The summed E-state index contributed by atoms with van der Waals surface area (Å²) in [6.07, 6.45) is 3.88. The molecule has 3 aromatic rings. The van der Waals surface area contributed by atoms with E-state index in [1.54, 1.807) is 18.3 Å². The number of nitrogens with two attached hydrogens (primary N) is 1. The maximum atomic E-state index is 13.5. The molecule has 2 aliphatic rings. The van der Waals surface area contributed by atoms with Crippen LogP contribution >= 0.6 is 0 Å². The summed E-state index contributed by atoms with van der Waals surface area (Å²) in [6, 6.07) is 14.3. The second kappa shape index (κ2) is 10.0. The highest BCUT2D eigenvalue weighted by Gasteiger charge is 2.39. The third kappa shape index (κ3) is 5.16. The molecule has 5 rings (SSSR count). The predicted octanol–water partition coefficient (Wildman–Crippen LogP) is 2.69. The topological polar surface area (TPSA) is 120 Å². The van der Waals surface area contributed by atoms with Crippen molar-refractivity contribution in [3.63, 3.8) is 0 Å². The van der Waals surface area contributed by atoms with Gasteiger partial charge in [-0.25, -0.2) is 0 Å². The smallest absolute Gasteiger partial charge is 0.316 e. The summed E-state index contributed by atoms with van der Waals surface area (Å²) in [5, 5.41) is 14.3. The van der Waals surface area contributed by atoms with Crippen molar-refractivity contribution in [1.82, 2.24) is 14.1 Å². The van der Waals surface area contributed by atoms with E-state index >= 15 is 0 Å². The molecule has 1 atom stereocenters. The van der Waals surface area contributed by atoms with Crippen molar-refractivity contribution in [1.29, 1.82) is 0 Å². The fourth-order valence-electron chi connectivity index (χ4n) is 4.23. The van der Waals surface area contributed by atoms with Crippen molar-refractivity contribution in [3.05, 3.63) is 70.6 Å². The van der Waals surface area contributed by atoms with E-state index in [-0.39, 0.29) is 28.2 Å². The first kappa shape index (κ1) is 24.5. The summed E-state index contributed by atoms with van der Waals surface area (Å²) < 4.78 is 22.4. The molecule has 190 valence electrons. The summed E-state index contributed by atoms with van der Waals surface area (Å²) in [4.78, 5) is 15.5. The number of nitrogens with zero attached hydrogens (tertiary/aromatic N) is 4. The Morgan fingerprint density at radius 3 is 2.53 bits per heavy atom. The van der Waals surface area contributed by atoms with Crippen molar-refractivity contribution in [2.24, 2.45) is 5.41 Å². The van der Waals surface area contributed by atoms with Gasteiger partial charge in [-0.15, -0.1) is 4.31 Å². The molecule has 9 nitrogen and oxygen atoms in total. The molecule has 0 bridgehead atoms. The lowest BCUT2D eigenvalue weighted by atomic mass is 10.2. The highest BCUT2D eigenvalue weighted by atomic mass is 32.2. The molecule has 1 aliphatic carbocycles. The summed E-state index contributed by atoms with van der Waals surface area (Å²) in [5.41, 5.74) is 8.05. The minimum Gasteiger partial charge on any atom is -0.598 e. The largest absolute Gasteiger partial charge is 0.598 e. The summed E-state index contributed by atoms with van der Waals surface area (Å²) in [7, 11) is 0. The van der Waals surface area contributed by atoms with Crippen molar-refractivity contribution in [2.45, 2.75) is 25.5 Å². The second-order valence-electron chi connectivity index (χ2n) is 9.74. The Morgan fingerprint density at radius 1 is 1.11 bits per heavy atom. The van der Waals surface area contributed by atoms with Gasteiger partial charge < -0.3 is 25.0 Å². The van der Waals surface area contributed by atoms with Crippen LogP contribution in [0.5, 0.6) is 11.5 Å². The van der Waals surface area contributed by atoms with E-state index in [4.69, 9.17) is 10.5 Å². The third-order valence-electron chi connectivity index (χ3n) is 6.90. The van der Waals surface area contributed by atoms with Crippen LogP contribution in [0.1, 0.15) is 25.3 Å². The molecular formula is C26H31N5O4S. The van der Waals surface area contributed by atoms with Crippen LogP contribution in [-0.2, 0) is 17.1 Å². The molecule has 36 heavy (non-hydrogen) atoms. The Kier molecular flexibility index (Phi) is 6.83. The Bertz CT molecular complexity index is 1270. The molecule has 0 radical (unpaired) electrons. The van der Waals surface area contributed by atoms with Gasteiger partial charge in [0.25, 0.3) is 0 Å². The standard InChI is InChI=1S/C26H31N5O4S/c1-26(10-11-26)18-35-24-21(16-28-31(25(24)33)20-7-3-2-4-8-20)29-12-14-30(15-13-29)36(34)17-19-6-5-9-22(32)23(19)27/h2-9,16,32H,10-15,17-18,27H2,1H3. The molecule has 2 heterocycles. The maximum absolute atomic E-state index is 13.5. The number of para-hydroxylation sites is 2. The molecule has 3 N–H and O–H groups in total. The summed E-state index contributed by atoms with van der Waals surface area (Å²) in [5.74, 6) is 0.547. The van der Waals surface area contributed by atoms with Gasteiger partial charge in [-0.1, -0.05) is 37.3 Å². The average Bonchev–Trinajstić information content (AvgIpc) is 3.63. The van der Waals surface area contributed by atoms with Crippen molar-refractivity contribution >= 4 is 22.7 Å². The minimum atomic E-state index is -1.29. The Morgan fingerprint density at radius 2 is 1.83 bits per heavy atom. The normalized spacial score (nSPS) is 18.1.